The van der Waals surface area contributed by atoms with E-state index in [2.05, 4.69) is 6.58 Å². The van der Waals surface area contributed by atoms with Gasteiger partial charge in [0.1, 0.15) is 11.6 Å². The third-order valence-electron chi connectivity index (χ3n) is 5.46. The first-order valence-corrected chi connectivity index (χ1v) is 10.1. The lowest BCUT2D eigenvalue weighted by atomic mass is 9.92. The van der Waals surface area contributed by atoms with Crippen molar-refractivity contribution >= 4 is 10.8 Å². The Kier molecular flexibility index (Phi) is 5.83. The Bertz CT molecular complexity index is 1300. The van der Waals surface area contributed by atoms with Crippen LogP contribution in [0.3, 0.4) is 0 Å². The van der Waals surface area contributed by atoms with E-state index in [4.69, 9.17) is 0 Å². The maximum absolute atomic E-state index is 15.5. The van der Waals surface area contributed by atoms with E-state index >= 15 is 4.39 Å². The Morgan fingerprint density at radius 2 is 1.53 bits per heavy atom. The normalized spacial score (nSPS) is 11.7. The monoisotopic (exact) mass is 438 g/mol. The van der Waals surface area contributed by atoms with Crippen molar-refractivity contribution in [3.8, 4) is 22.3 Å². The first-order chi connectivity index (χ1) is 15.3. The standard InChI is InChI=1S/C27H19F5/c1-2-3-6-17-9-12-21-18(15-17)10-13-23(26(21)29)22-8-5-4-7-20(22)19-11-14-24(25(28)16-19)27(30,31)32/h2,4-5,7-16H,1,3,6H2. The summed E-state index contributed by atoms with van der Waals surface area (Å²) in [5.74, 6) is -1.80. The molecule has 162 valence electrons. The Labute approximate surface area is 182 Å². The first-order valence-electron chi connectivity index (χ1n) is 10.1. The SMILES string of the molecule is C=CCCc1ccc2c(F)c(-c3ccccc3-c3ccc(C(F)(F)F)c(F)c3)ccc2c1. The van der Waals surface area contributed by atoms with Crippen LogP contribution < -0.4 is 0 Å². The van der Waals surface area contributed by atoms with Gasteiger partial charge < -0.3 is 0 Å². The Morgan fingerprint density at radius 3 is 2.22 bits per heavy atom. The molecule has 0 heterocycles. The Balaban J connectivity index is 1.81. The molecule has 0 aromatic heterocycles. The molecule has 32 heavy (non-hydrogen) atoms. The predicted molar refractivity (Wildman–Crippen MR) is 118 cm³/mol. The highest BCUT2D eigenvalue weighted by Crippen LogP contribution is 2.38. The zero-order valence-electron chi connectivity index (χ0n) is 17.0. The van der Waals surface area contributed by atoms with E-state index in [1.165, 1.54) is 6.07 Å². The van der Waals surface area contributed by atoms with E-state index in [0.717, 1.165) is 29.9 Å². The van der Waals surface area contributed by atoms with Crippen LogP contribution in [-0.2, 0) is 12.6 Å². The molecule has 0 nitrogen and oxygen atoms in total. The van der Waals surface area contributed by atoms with Gasteiger partial charge in [0.2, 0.25) is 0 Å². The van der Waals surface area contributed by atoms with Crippen LogP contribution in [0.1, 0.15) is 17.5 Å². The third kappa shape index (κ3) is 4.15. The van der Waals surface area contributed by atoms with Gasteiger partial charge in [-0.1, -0.05) is 66.7 Å². The molecule has 0 aliphatic rings. The van der Waals surface area contributed by atoms with Crippen LogP contribution in [0.2, 0.25) is 0 Å². The molecule has 0 aliphatic carbocycles. The Morgan fingerprint density at radius 1 is 0.781 bits per heavy atom. The molecule has 0 aliphatic heterocycles. The second-order valence-corrected chi connectivity index (χ2v) is 7.55. The van der Waals surface area contributed by atoms with Crippen molar-refractivity contribution in [2.45, 2.75) is 19.0 Å². The zero-order chi connectivity index (χ0) is 22.9. The molecule has 0 saturated carbocycles. The fourth-order valence-electron chi connectivity index (χ4n) is 3.86. The van der Waals surface area contributed by atoms with Gasteiger partial charge in [-0.05, 0) is 52.6 Å². The highest BCUT2D eigenvalue weighted by Gasteiger charge is 2.34. The van der Waals surface area contributed by atoms with E-state index in [1.54, 1.807) is 36.4 Å². The number of benzene rings is 4. The molecule has 0 radical (unpaired) electrons. The number of alkyl halides is 3. The summed E-state index contributed by atoms with van der Waals surface area (Å²) in [5.41, 5.74) is 1.20. The topological polar surface area (TPSA) is 0 Å². The van der Waals surface area contributed by atoms with Crippen LogP contribution in [0.5, 0.6) is 0 Å². The summed E-state index contributed by atoms with van der Waals surface area (Å²) in [5, 5.41) is 1.20. The van der Waals surface area contributed by atoms with Crippen molar-refractivity contribution in [3.05, 3.63) is 108 Å². The summed E-state index contributed by atoms with van der Waals surface area (Å²) >= 11 is 0. The van der Waals surface area contributed by atoms with Crippen LogP contribution in [0.15, 0.2) is 85.5 Å². The summed E-state index contributed by atoms with van der Waals surface area (Å²) in [6.45, 7) is 3.71. The van der Waals surface area contributed by atoms with Gasteiger partial charge in [0.05, 0.1) is 5.56 Å². The molecule has 4 aromatic rings. The lowest BCUT2D eigenvalue weighted by Gasteiger charge is -2.14. The van der Waals surface area contributed by atoms with Gasteiger partial charge in [-0.3, -0.25) is 0 Å². The van der Waals surface area contributed by atoms with Gasteiger partial charge >= 0.3 is 6.18 Å². The van der Waals surface area contributed by atoms with Crippen molar-refractivity contribution in [1.82, 2.24) is 0 Å². The maximum atomic E-state index is 15.5. The molecule has 0 bridgehead atoms. The van der Waals surface area contributed by atoms with Gasteiger partial charge in [0, 0.05) is 10.9 Å². The fourth-order valence-corrected chi connectivity index (χ4v) is 3.86. The molecule has 0 unspecified atom stereocenters. The summed E-state index contributed by atoms with van der Waals surface area (Å²) in [7, 11) is 0. The van der Waals surface area contributed by atoms with Crippen molar-refractivity contribution in [2.75, 3.05) is 0 Å². The van der Waals surface area contributed by atoms with Crippen molar-refractivity contribution in [1.29, 1.82) is 0 Å². The van der Waals surface area contributed by atoms with Crippen LogP contribution >= 0.6 is 0 Å². The summed E-state index contributed by atoms with van der Waals surface area (Å²) in [4.78, 5) is 0. The smallest absolute Gasteiger partial charge is 0.206 e. The summed E-state index contributed by atoms with van der Waals surface area (Å²) in [6.07, 6.45) is -1.32. The molecule has 0 spiro atoms. The van der Waals surface area contributed by atoms with Gasteiger partial charge in [-0.15, -0.1) is 6.58 Å². The lowest BCUT2D eigenvalue weighted by Crippen LogP contribution is -2.07. The molecule has 0 atom stereocenters. The van der Waals surface area contributed by atoms with Crippen molar-refractivity contribution in [3.63, 3.8) is 0 Å². The van der Waals surface area contributed by atoms with E-state index in [0.29, 0.717) is 28.1 Å². The quantitative estimate of drug-likeness (QED) is 0.216. The summed E-state index contributed by atoms with van der Waals surface area (Å²) < 4.78 is 68.5. The molecular formula is C27H19F5. The van der Waals surface area contributed by atoms with Gasteiger partial charge in [-0.25, -0.2) is 8.78 Å². The highest BCUT2D eigenvalue weighted by atomic mass is 19.4. The molecular weight excluding hydrogens is 419 g/mol. The molecule has 0 saturated heterocycles. The van der Waals surface area contributed by atoms with Crippen LogP contribution in [0, 0.1) is 11.6 Å². The van der Waals surface area contributed by atoms with Crippen LogP contribution in [0.4, 0.5) is 22.0 Å². The molecule has 0 amide bonds. The maximum Gasteiger partial charge on any atom is 0.419 e. The third-order valence-corrected chi connectivity index (χ3v) is 5.46. The molecule has 0 N–H and O–H groups in total. The minimum Gasteiger partial charge on any atom is -0.206 e. The molecule has 0 fully saturated rings. The number of rotatable bonds is 5. The first kappa shape index (κ1) is 21.8. The lowest BCUT2D eigenvalue weighted by molar-refractivity contribution is -0.139. The number of hydrogen-bond acceptors (Lipinski definition) is 0. The molecule has 4 aromatic carbocycles. The number of halogens is 5. The van der Waals surface area contributed by atoms with E-state index in [-0.39, 0.29) is 5.56 Å². The van der Waals surface area contributed by atoms with Crippen molar-refractivity contribution < 1.29 is 22.0 Å². The fraction of sp³-hybridized carbons (Fsp3) is 0.111. The van der Waals surface area contributed by atoms with Gasteiger partial charge in [-0.2, -0.15) is 13.2 Å². The number of allylic oxidation sites excluding steroid dienone is 1. The van der Waals surface area contributed by atoms with Gasteiger partial charge in [0.25, 0.3) is 0 Å². The predicted octanol–water partition coefficient (Wildman–Crippen LogP) is 8.59. The van der Waals surface area contributed by atoms with E-state index in [9.17, 15) is 17.6 Å². The average Bonchev–Trinajstić information content (AvgIpc) is 2.77. The van der Waals surface area contributed by atoms with Crippen molar-refractivity contribution in [2.24, 2.45) is 0 Å². The number of fused-ring (bicyclic) bond motifs is 1. The minimum absolute atomic E-state index is 0.241. The number of hydrogen-bond donors (Lipinski definition) is 0. The second-order valence-electron chi connectivity index (χ2n) is 7.55. The number of aryl methyl sites for hydroxylation is 1. The molecule has 4 rings (SSSR count). The van der Waals surface area contributed by atoms with Crippen LogP contribution in [0.25, 0.3) is 33.0 Å². The average molecular weight is 438 g/mol. The van der Waals surface area contributed by atoms with Crippen LogP contribution in [-0.4, -0.2) is 0 Å². The minimum atomic E-state index is -4.78. The second kappa shape index (κ2) is 8.58. The Hall–Kier alpha value is -3.47. The zero-order valence-corrected chi connectivity index (χ0v) is 17.0. The largest absolute Gasteiger partial charge is 0.419 e. The van der Waals surface area contributed by atoms with Gasteiger partial charge in [0.15, 0.2) is 0 Å². The van der Waals surface area contributed by atoms with E-state index in [1.807, 2.05) is 24.3 Å². The van der Waals surface area contributed by atoms with E-state index < -0.39 is 23.4 Å². The summed E-state index contributed by atoms with van der Waals surface area (Å²) in [6, 6.07) is 18.5. The highest BCUT2D eigenvalue weighted by molar-refractivity contribution is 5.92. The molecule has 5 heteroatoms.